The number of rotatable bonds is 5. The van der Waals surface area contributed by atoms with Gasteiger partial charge in [-0.1, -0.05) is 42.6 Å². The number of hydrazone groups is 1. The van der Waals surface area contributed by atoms with Crippen LogP contribution in [0, 0.1) is 0 Å². The van der Waals surface area contributed by atoms with Crippen LogP contribution >= 0.6 is 23.2 Å². The molecule has 0 bridgehead atoms. The second-order valence-electron chi connectivity index (χ2n) is 3.97. The van der Waals surface area contributed by atoms with Gasteiger partial charge < -0.3 is 5.32 Å². The Kier molecular flexibility index (Phi) is 7.04. The van der Waals surface area contributed by atoms with Gasteiger partial charge in [0.25, 0.3) is 0 Å². The number of halogens is 2. The molecule has 108 valence electrons. The molecule has 0 aliphatic rings. The molecule has 1 aromatic rings. The van der Waals surface area contributed by atoms with Crippen molar-refractivity contribution in [1.82, 2.24) is 10.7 Å². The fourth-order valence-corrected chi connectivity index (χ4v) is 1.73. The van der Waals surface area contributed by atoms with E-state index in [9.17, 15) is 9.59 Å². The van der Waals surface area contributed by atoms with Gasteiger partial charge in [0.2, 0.25) is 0 Å². The molecular weight excluding hydrogens is 301 g/mol. The van der Waals surface area contributed by atoms with Crippen LogP contribution in [0.4, 0.5) is 0 Å². The molecule has 0 spiro atoms. The average Bonchev–Trinajstić information content (AvgIpc) is 2.41. The molecule has 7 heteroatoms. The number of hydrogen-bond donors (Lipinski definition) is 2. The summed E-state index contributed by atoms with van der Waals surface area (Å²) in [5, 5.41) is 7.06. The molecule has 1 aromatic carbocycles. The third kappa shape index (κ3) is 5.59. The van der Waals surface area contributed by atoms with Crippen molar-refractivity contribution in [1.29, 1.82) is 0 Å². The standard InChI is InChI=1S/C13H15Cl2N3O2/c1-2-3-6-16-12(19)13(20)18-17-8-9-4-5-10(14)7-11(9)15/h4-5,7-8H,2-3,6H2,1H3,(H,16,19)(H,18,20)/b17-8-. The third-order valence-corrected chi connectivity index (χ3v) is 2.92. The molecule has 2 amide bonds. The van der Waals surface area contributed by atoms with E-state index < -0.39 is 11.8 Å². The van der Waals surface area contributed by atoms with E-state index in [2.05, 4.69) is 15.8 Å². The molecule has 0 fully saturated rings. The van der Waals surface area contributed by atoms with Crippen LogP contribution in [0.15, 0.2) is 23.3 Å². The number of amides is 2. The summed E-state index contributed by atoms with van der Waals surface area (Å²) in [5.41, 5.74) is 2.71. The quantitative estimate of drug-likeness (QED) is 0.379. The van der Waals surface area contributed by atoms with Crippen molar-refractivity contribution in [2.75, 3.05) is 6.54 Å². The van der Waals surface area contributed by atoms with E-state index in [1.807, 2.05) is 6.92 Å². The van der Waals surface area contributed by atoms with Crippen LogP contribution in [-0.2, 0) is 9.59 Å². The maximum Gasteiger partial charge on any atom is 0.329 e. The Morgan fingerprint density at radius 3 is 2.70 bits per heavy atom. The van der Waals surface area contributed by atoms with Crippen LogP contribution in [0.25, 0.3) is 0 Å². The maximum absolute atomic E-state index is 11.4. The summed E-state index contributed by atoms with van der Waals surface area (Å²) in [5.74, 6) is -1.53. The molecule has 0 radical (unpaired) electrons. The van der Waals surface area contributed by atoms with Gasteiger partial charge in [-0.2, -0.15) is 5.10 Å². The zero-order valence-corrected chi connectivity index (χ0v) is 12.5. The van der Waals surface area contributed by atoms with Crippen molar-refractivity contribution in [3.05, 3.63) is 33.8 Å². The van der Waals surface area contributed by atoms with Crippen LogP contribution in [0.5, 0.6) is 0 Å². The van der Waals surface area contributed by atoms with Crippen LogP contribution in [-0.4, -0.2) is 24.6 Å². The zero-order chi connectivity index (χ0) is 15.0. The highest BCUT2D eigenvalue weighted by Crippen LogP contribution is 2.19. The normalized spacial score (nSPS) is 10.6. The predicted octanol–water partition coefficient (Wildman–Crippen LogP) is 2.36. The molecule has 1 rings (SSSR count). The third-order valence-electron chi connectivity index (χ3n) is 2.35. The van der Waals surface area contributed by atoms with Crippen LogP contribution in [0.2, 0.25) is 10.0 Å². The molecule has 0 atom stereocenters. The van der Waals surface area contributed by atoms with E-state index in [0.29, 0.717) is 22.2 Å². The highest BCUT2D eigenvalue weighted by atomic mass is 35.5. The van der Waals surface area contributed by atoms with Crippen LogP contribution < -0.4 is 10.7 Å². The number of nitrogens with one attached hydrogen (secondary N) is 2. The topological polar surface area (TPSA) is 70.6 Å². The lowest BCUT2D eigenvalue weighted by Gasteiger charge is -2.02. The second-order valence-corrected chi connectivity index (χ2v) is 4.82. The lowest BCUT2D eigenvalue weighted by atomic mass is 10.2. The second kappa shape index (κ2) is 8.55. The van der Waals surface area contributed by atoms with E-state index in [1.165, 1.54) is 6.21 Å². The number of benzene rings is 1. The Bertz CT molecular complexity index is 518. The minimum atomic E-state index is -0.817. The number of unbranched alkanes of at least 4 members (excludes halogenated alkanes) is 1. The van der Waals surface area contributed by atoms with Gasteiger partial charge in [-0.15, -0.1) is 0 Å². The van der Waals surface area contributed by atoms with Gasteiger partial charge in [-0.05, 0) is 18.6 Å². The molecule has 2 N–H and O–H groups in total. The summed E-state index contributed by atoms with van der Waals surface area (Å²) in [6, 6.07) is 4.86. The summed E-state index contributed by atoms with van der Waals surface area (Å²) >= 11 is 11.7. The monoisotopic (exact) mass is 315 g/mol. The maximum atomic E-state index is 11.4. The van der Waals surface area contributed by atoms with Crippen molar-refractivity contribution in [2.45, 2.75) is 19.8 Å². The molecule has 20 heavy (non-hydrogen) atoms. The van der Waals surface area contributed by atoms with Crippen molar-refractivity contribution < 1.29 is 9.59 Å². The van der Waals surface area contributed by atoms with Crippen molar-refractivity contribution in [3.63, 3.8) is 0 Å². The molecule has 0 saturated carbocycles. The van der Waals surface area contributed by atoms with E-state index in [0.717, 1.165) is 12.8 Å². The Morgan fingerprint density at radius 1 is 1.30 bits per heavy atom. The van der Waals surface area contributed by atoms with E-state index in [4.69, 9.17) is 23.2 Å². The molecule has 5 nitrogen and oxygen atoms in total. The minimum absolute atomic E-state index is 0.405. The first-order chi connectivity index (χ1) is 9.54. The van der Waals surface area contributed by atoms with Crippen LogP contribution in [0.3, 0.4) is 0 Å². The Labute approximate surface area is 127 Å². The smallest absolute Gasteiger partial charge is 0.329 e. The Balaban J connectivity index is 2.47. The van der Waals surface area contributed by atoms with Gasteiger partial charge in [0.1, 0.15) is 0 Å². The first kappa shape index (κ1) is 16.5. The molecule has 0 aliphatic carbocycles. The Morgan fingerprint density at radius 2 is 2.05 bits per heavy atom. The molecular formula is C13H15Cl2N3O2. The van der Waals surface area contributed by atoms with Gasteiger partial charge in [-0.3, -0.25) is 9.59 Å². The van der Waals surface area contributed by atoms with Crippen molar-refractivity contribution >= 4 is 41.2 Å². The lowest BCUT2D eigenvalue weighted by Crippen LogP contribution is -2.38. The number of nitrogens with zero attached hydrogens (tertiary/aromatic N) is 1. The fraction of sp³-hybridized carbons (Fsp3) is 0.308. The van der Waals surface area contributed by atoms with Gasteiger partial charge in [0.05, 0.1) is 11.2 Å². The summed E-state index contributed by atoms with van der Waals surface area (Å²) in [6.45, 7) is 2.46. The molecule has 0 aromatic heterocycles. The number of carbonyl (C=O) groups excluding carboxylic acids is 2. The minimum Gasteiger partial charge on any atom is -0.348 e. The Hall–Kier alpha value is -1.59. The number of carbonyl (C=O) groups is 2. The molecule has 0 saturated heterocycles. The van der Waals surface area contributed by atoms with Crippen molar-refractivity contribution in [2.24, 2.45) is 5.10 Å². The summed E-state index contributed by atoms with van der Waals surface area (Å²) in [7, 11) is 0. The molecule has 0 unspecified atom stereocenters. The van der Waals surface area contributed by atoms with E-state index >= 15 is 0 Å². The molecule has 0 heterocycles. The van der Waals surface area contributed by atoms with Gasteiger partial charge in [0.15, 0.2) is 0 Å². The molecule has 0 aliphatic heterocycles. The highest BCUT2D eigenvalue weighted by Gasteiger charge is 2.11. The summed E-state index contributed by atoms with van der Waals surface area (Å²) in [6.07, 6.45) is 3.10. The van der Waals surface area contributed by atoms with Gasteiger partial charge in [0, 0.05) is 17.1 Å². The first-order valence-corrected chi connectivity index (χ1v) is 6.86. The SMILES string of the molecule is CCCCNC(=O)C(=O)N/N=C\c1ccc(Cl)cc1Cl. The number of hydrogen-bond acceptors (Lipinski definition) is 3. The summed E-state index contributed by atoms with van der Waals surface area (Å²) < 4.78 is 0. The van der Waals surface area contributed by atoms with E-state index in [-0.39, 0.29) is 0 Å². The average molecular weight is 316 g/mol. The fourth-order valence-electron chi connectivity index (χ4n) is 1.28. The van der Waals surface area contributed by atoms with Gasteiger partial charge in [-0.25, -0.2) is 5.43 Å². The highest BCUT2D eigenvalue weighted by molar-refractivity contribution is 6.36. The first-order valence-electron chi connectivity index (χ1n) is 6.11. The zero-order valence-electron chi connectivity index (χ0n) is 11.0. The van der Waals surface area contributed by atoms with E-state index in [1.54, 1.807) is 18.2 Å². The summed E-state index contributed by atoms with van der Waals surface area (Å²) in [4.78, 5) is 22.7. The largest absolute Gasteiger partial charge is 0.348 e. The lowest BCUT2D eigenvalue weighted by molar-refractivity contribution is -0.139. The van der Waals surface area contributed by atoms with Gasteiger partial charge >= 0.3 is 11.8 Å². The van der Waals surface area contributed by atoms with Crippen molar-refractivity contribution in [3.8, 4) is 0 Å². The van der Waals surface area contributed by atoms with Crippen LogP contribution in [0.1, 0.15) is 25.3 Å². The predicted molar refractivity (Wildman–Crippen MR) is 80.1 cm³/mol.